The zero-order chi connectivity index (χ0) is 22.8. The van der Waals surface area contributed by atoms with Crippen LogP contribution >= 0.6 is 0 Å². The molecule has 2 atom stereocenters. The molecule has 1 amide bonds. The molecule has 0 bridgehead atoms. The third-order valence-corrected chi connectivity index (χ3v) is 5.81. The molecule has 168 valence electrons. The Morgan fingerprint density at radius 2 is 1.91 bits per heavy atom. The topological polar surface area (TPSA) is 85.3 Å². The van der Waals surface area contributed by atoms with Crippen LogP contribution < -0.4 is 9.47 Å². The van der Waals surface area contributed by atoms with Crippen LogP contribution in [0.1, 0.15) is 30.0 Å². The number of hydrogen-bond donors (Lipinski definition) is 1. The van der Waals surface area contributed by atoms with Crippen molar-refractivity contribution >= 4 is 17.4 Å². The van der Waals surface area contributed by atoms with E-state index in [1.807, 2.05) is 0 Å². The van der Waals surface area contributed by atoms with Crippen LogP contribution in [0.3, 0.4) is 0 Å². The van der Waals surface area contributed by atoms with Gasteiger partial charge in [0, 0.05) is 19.2 Å². The highest BCUT2D eigenvalue weighted by atomic mass is 19.1. The highest BCUT2D eigenvalue weighted by Gasteiger charge is 2.47. The fourth-order valence-corrected chi connectivity index (χ4v) is 4.21. The molecule has 2 aromatic rings. The molecule has 2 saturated heterocycles. The number of hydrogen-bond acceptors (Lipinski definition) is 6. The van der Waals surface area contributed by atoms with E-state index in [0.29, 0.717) is 17.9 Å². The van der Waals surface area contributed by atoms with Gasteiger partial charge in [-0.1, -0.05) is 12.1 Å². The van der Waals surface area contributed by atoms with Crippen molar-refractivity contribution in [1.82, 2.24) is 4.90 Å². The van der Waals surface area contributed by atoms with Crippen molar-refractivity contribution < 1.29 is 33.3 Å². The van der Waals surface area contributed by atoms with Gasteiger partial charge in [0.05, 0.1) is 37.5 Å². The molecule has 2 aliphatic heterocycles. The number of likely N-dealkylation sites (tertiary alicyclic amines) is 1. The molecule has 8 heteroatoms. The Bertz CT molecular complexity index is 1060. The summed E-state index contributed by atoms with van der Waals surface area (Å²) < 4.78 is 29.8. The molecular weight excluding hydrogens is 417 g/mol. The summed E-state index contributed by atoms with van der Waals surface area (Å²) in [6, 6.07) is 9.40. The van der Waals surface area contributed by atoms with E-state index in [9.17, 15) is 19.1 Å². The first kappa shape index (κ1) is 21.8. The maximum atomic E-state index is 13.6. The van der Waals surface area contributed by atoms with E-state index in [4.69, 9.17) is 14.2 Å². The van der Waals surface area contributed by atoms with Crippen molar-refractivity contribution in [3.05, 3.63) is 65.0 Å². The van der Waals surface area contributed by atoms with Crippen LogP contribution in [0.4, 0.5) is 4.39 Å². The fourth-order valence-electron chi connectivity index (χ4n) is 4.21. The molecular formula is C24H24FNO6. The number of carbonyl (C=O) groups excluding carboxylic acids is 2. The van der Waals surface area contributed by atoms with Crippen molar-refractivity contribution in [2.45, 2.75) is 25.0 Å². The van der Waals surface area contributed by atoms with E-state index in [0.717, 1.165) is 12.8 Å². The maximum absolute atomic E-state index is 13.6. The van der Waals surface area contributed by atoms with Gasteiger partial charge in [-0.2, -0.15) is 0 Å². The van der Waals surface area contributed by atoms with Crippen molar-refractivity contribution in [2.75, 3.05) is 27.4 Å². The molecule has 2 heterocycles. The summed E-state index contributed by atoms with van der Waals surface area (Å²) in [6.45, 7) is 0.794. The number of ether oxygens (including phenoxy) is 3. The van der Waals surface area contributed by atoms with Gasteiger partial charge in [0.1, 0.15) is 23.1 Å². The van der Waals surface area contributed by atoms with E-state index in [-0.39, 0.29) is 35.3 Å². The quantitative estimate of drug-likeness (QED) is 0.420. The van der Waals surface area contributed by atoms with Gasteiger partial charge in [0.25, 0.3) is 11.7 Å². The van der Waals surface area contributed by atoms with Crippen molar-refractivity contribution in [1.29, 1.82) is 0 Å². The average molecular weight is 441 g/mol. The van der Waals surface area contributed by atoms with Gasteiger partial charge in [-0.25, -0.2) is 4.39 Å². The summed E-state index contributed by atoms with van der Waals surface area (Å²) in [4.78, 5) is 27.5. The lowest BCUT2D eigenvalue weighted by Gasteiger charge is -2.27. The summed E-state index contributed by atoms with van der Waals surface area (Å²) in [5.74, 6) is -1.57. The highest BCUT2D eigenvalue weighted by Crippen LogP contribution is 2.42. The summed E-state index contributed by atoms with van der Waals surface area (Å²) >= 11 is 0. The van der Waals surface area contributed by atoms with Crippen LogP contribution in [0.2, 0.25) is 0 Å². The number of methoxy groups -OCH3 is 2. The lowest BCUT2D eigenvalue weighted by molar-refractivity contribution is -0.140. The predicted molar refractivity (Wildman–Crippen MR) is 114 cm³/mol. The number of aliphatic hydroxyl groups is 1. The summed E-state index contributed by atoms with van der Waals surface area (Å²) in [6.07, 6.45) is 1.44. The van der Waals surface area contributed by atoms with E-state index in [1.165, 1.54) is 43.4 Å². The number of rotatable bonds is 6. The molecule has 0 aliphatic carbocycles. The molecule has 0 aromatic heterocycles. The van der Waals surface area contributed by atoms with E-state index < -0.39 is 23.5 Å². The van der Waals surface area contributed by atoms with Crippen LogP contribution in [-0.2, 0) is 14.3 Å². The van der Waals surface area contributed by atoms with Gasteiger partial charge in [0.2, 0.25) is 0 Å². The first-order chi connectivity index (χ1) is 15.4. The minimum absolute atomic E-state index is 0.0805. The first-order valence-electron chi connectivity index (χ1n) is 10.3. The molecule has 4 rings (SSSR count). The second kappa shape index (κ2) is 9.00. The van der Waals surface area contributed by atoms with E-state index in [1.54, 1.807) is 18.2 Å². The summed E-state index contributed by atoms with van der Waals surface area (Å²) in [7, 11) is 2.93. The Labute approximate surface area is 185 Å². The van der Waals surface area contributed by atoms with Gasteiger partial charge in [0.15, 0.2) is 0 Å². The van der Waals surface area contributed by atoms with Gasteiger partial charge >= 0.3 is 0 Å². The van der Waals surface area contributed by atoms with Gasteiger partial charge < -0.3 is 24.2 Å². The van der Waals surface area contributed by atoms with Crippen molar-refractivity contribution in [3.63, 3.8) is 0 Å². The minimum atomic E-state index is -0.883. The normalized spacial score (nSPS) is 22.4. The number of carbonyl (C=O) groups is 2. The lowest BCUT2D eigenvalue weighted by atomic mass is 9.94. The summed E-state index contributed by atoms with van der Waals surface area (Å²) in [5, 5.41) is 11.2. The highest BCUT2D eigenvalue weighted by molar-refractivity contribution is 6.46. The van der Waals surface area contributed by atoms with Crippen LogP contribution in [0.15, 0.2) is 48.0 Å². The van der Waals surface area contributed by atoms with Crippen molar-refractivity contribution in [2.24, 2.45) is 0 Å². The Morgan fingerprint density at radius 3 is 2.53 bits per heavy atom. The SMILES string of the molecule is COc1ccc(/C(O)=C2/C(=O)C(=O)N(CC3CCCO3)C2c2ccc(F)cc2)c(OC)c1. The standard InChI is InChI=1S/C24H24FNO6/c1-30-16-9-10-18(19(12-16)31-2)22(27)20-21(14-5-7-15(25)8-6-14)26(24(29)23(20)28)13-17-4-3-11-32-17/h5-10,12,17,21,27H,3-4,11,13H2,1-2H3/b22-20-. The molecule has 2 aliphatic rings. The van der Waals surface area contributed by atoms with Gasteiger partial charge in [-0.3, -0.25) is 9.59 Å². The third-order valence-electron chi connectivity index (χ3n) is 5.81. The molecule has 0 spiro atoms. The molecule has 2 aromatic carbocycles. The van der Waals surface area contributed by atoms with Crippen LogP contribution in [0, 0.1) is 5.82 Å². The fraction of sp³-hybridized carbons (Fsp3) is 0.333. The first-order valence-corrected chi connectivity index (χ1v) is 10.3. The Balaban J connectivity index is 1.85. The lowest BCUT2D eigenvalue weighted by Crippen LogP contribution is -2.36. The molecule has 2 unspecified atom stereocenters. The Kier molecular flexibility index (Phi) is 6.14. The Morgan fingerprint density at radius 1 is 1.16 bits per heavy atom. The van der Waals surface area contributed by atoms with E-state index in [2.05, 4.69) is 0 Å². The van der Waals surface area contributed by atoms with Crippen LogP contribution in [0.5, 0.6) is 11.5 Å². The smallest absolute Gasteiger partial charge is 0.295 e. The maximum Gasteiger partial charge on any atom is 0.295 e. The summed E-state index contributed by atoms with van der Waals surface area (Å²) in [5.41, 5.74) is 0.677. The van der Waals surface area contributed by atoms with Crippen LogP contribution in [-0.4, -0.2) is 55.2 Å². The number of Topliss-reactive ketones (excluding diaryl/α,β-unsaturated/α-hetero) is 1. The zero-order valence-electron chi connectivity index (χ0n) is 17.8. The average Bonchev–Trinajstić information content (AvgIpc) is 3.41. The van der Waals surface area contributed by atoms with Gasteiger partial charge in [-0.15, -0.1) is 0 Å². The number of nitrogens with zero attached hydrogens (tertiary/aromatic N) is 1. The van der Waals surface area contributed by atoms with Crippen LogP contribution in [0.25, 0.3) is 5.76 Å². The number of amides is 1. The molecule has 1 N–H and O–H groups in total. The third kappa shape index (κ3) is 3.93. The van der Waals surface area contributed by atoms with Gasteiger partial charge in [-0.05, 0) is 42.7 Å². The monoisotopic (exact) mass is 441 g/mol. The Hall–Kier alpha value is -3.39. The number of halogens is 1. The molecule has 32 heavy (non-hydrogen) atoms. The number of ketones is 1. The second-order valence-electron chi connectivity index (χ2n) is 7.70. The number of benzene rings is 2. The molecule has 0 saturated carbocycles. The number of aliphatic hydroxyl groups excluding tert-OH is 1. The largest absolute Gasteiger partial charge is 0.507 e. The van der Waals surface area contributed by atoms with Crippen molar-refractivity contribution in [3.8, 4) is 11.5 Å². The minimum Gasteiger partial charge on any atom is -0.507 e. The van der Waals surface area contributed by atoms with E-state index >= 15 is 0 Å². The molecule has 7 nitrogen and oxygen atoms in total. The zero-order valence-corrected chi connectivity index (χ0v) is 17.8. The second-order valence-corrected chi connectivity index (χ2v) is 7.70. The predicted octanol–water partition coefficient (Wildman–Crippen LogP) is 3.44. The molecule has 0 radical (unpaired) electrons. The molecule has 2 fully saturated rings.